The number of H-pyrrole nitrogens is 2. The van der Waals surface area contributed by atoms with Gasteiger partial charge in [-0.3, -0.25) is 14.6 Å². The van der Waals surface area contributed by atoms with Crippen LogP contribution in [0.15, 0.2) is 68.7 Å². The summed E-state index contributed by atoms with van der Waals surface area (Å²) in [4.78, 5) is 38.7. The number of halogens is 1. The fourth-order valence-corrected chi connectivity index (χ4v) is 2.30. The molecule has 0 saturated carbocycles. The monoisotopic (exact) mass is 401 g/mol. The first-order valence-electron chi connectivity index (χ1n) is 7.18. The van der Waals surface area contributed by atoms with Crippen molar-refractivity contribution in [3.63, 3.8) is 0 Å². The van der Waals surface area contributed by atoms with Crippen LogP contribution in [0.4, 0.5) is 5.69 Å². The van der Waals surface area contributed by atoms with E-state index >= 15 is 0 Å². The number of ether oxygens (including phenoxy) is 1. The summed E-state index contributed by atoms with van der Waals surface area (Å²) in [6, 6.07) is 15.1. The van der Waals surface area contributed by atoms with Crippen LogP contribution in [0.2, 0.25) is 0 Å². The first kappa shape index (κ1) is 16.7. The largest absolute Gasteiger partial charge is 0.457 e. The highest BCUT2D eigenvalue weighted by molar-refractivity contribution is 9.10. The fraction of sp³-hybridized carbons (Fsp3) is 0. The van der Waals surface area contributed by atoms with Crippen molar-refractivity contribution in [1.29, 1.82) is 0 Å². The minimum absolute atomic E-state index is 0.121. The van der Waals surface area contributed by atoms with Crippen molar-refractivity contribution in [1.82, 2.24) is 9.97 Å². The molecule has 25 heavy (non-hydrogen) atoms. The number of rotatable bonds is 4. The van der Waals surface area contributed by atoms with E-state index in [2.05, 4.69) is 26.2 Å². The van der Waals surface area contributed by atoms with Gasteiger partial charge >= 0.3 is 5.69 Å². The summed E-state index contributed by atoms with van der Waals surface area (Å²) in [5.41, 5.74) is -1.01. The lowest BCUT2D eigenvalue weighted by atomic mass is 10.3. The van der Waals surface area contributed by atoms with Gasteiger partial charge in [-0.25, -0.2) is 4.79 Å². The second-order valence-corrected chi connectivity index (χ2v) is 5.95. The molecule has 0 unspecified atom stereocenters. The third-order valence-electron chi connectivity index (χ3n) is 3.17. The number of hydrogen-bond donors (Lipinski definition) is 3. The third-order valence-corrected chi connectivity index (χ3v) is 3.70. The highest BCUT2D eigenvalue weighted by Crippen LogP contribution is 2.24. The van der Waals surface area contributed by atoms with Crippen LogP contribution >= 0.6 is 15.9 Å². The molecule has 7 nitrogen and oxygen atoms in total. The van der Waals surface area contributed by atoms with Crippen LogP contribution < -0.4 is 21.3 Å². The Morgan fingerprint density at radius 2 is 1.52 bits per heavy atom. The van der Waals surface area contributed by atoms with E-state index in [1.807, 2.05) is 29.2 Å². The molecule has 2 aromatic carbocycles. The molecule has 1 heterocycles. The maximum atomic E-state index is 12.1. The first-order valence-corrected chi connectivity index (χ1v) is 7.97. The fourth-order valence-electron chi connectivity index (χ4n) is 2.03. The van der Waals surface area contributed by atoms with Crippen LogP contribution in [0, 0.1) is 0 Å². The molecule has 0 radical (unpaired) electrons. The number of benzene rings is 2. The Balaban J connectivity index is 1.69. The molecule has 0 aliphatic rings. The lowest BCUT2D eigenvalue weighted by Gasteiger charge is -2.08. The van der Waals surface area contributed by atoms with Gasteiger partial charge in [-0.2, -0.15) is 0 Å². The Kier molecular flexibility index (Phi) is 4.80. The summed E-state index contributed by atoms with van der Waals surface area (Å²) in [7, 11) is 0. The predicted octanol–water partition coefficient (Wildman–Crippen LogP) is 2.87. The molecule has 0 spiro atoms. The van der Waals surface area contributed by atoms with Crippen LogP contribution in [0.25, 0.3) is 0 Å². The normalized spacial score (nSPS) is 10.3. The average Bonchev–Trinajstić information content (AvgIpc) is 2.58. The molecule has 0 aliphatic carbocycles. The van der Waals surface area contributed by atoms with Gasteiger partial charge < -0.3 is 15.0 Å². The molecule has 1 aromatic heterocycles. The number of amides is 1. The number of carbonyl (C=O) groups is 1. The Hall–Kier alpha value is -3.13. The molecule has 126 valence electrons. The standard InChI is InChI=1S/C17H12BrN3O4/c18-10-1-5-12(6-2-10)25-13-7-3-11(4-8-13)19-16(23)14-9-15(22)21-17(24)20-14/h1-9H,(H,19,23)(H2,20,21,22,24). The third kappa shape index (κ3) is 4.45. The van der Waals surface area contributed by atoms with E-state index in [0.717, 1.165) is 10.5 Å². The molecule has 3 N–H and O–H groups in total. The van der Waals surface area contributed by atoms with Gasteiger partial charge in [0.05, 0.1) is 0 Å². The second kappa shape index (κ2) is 7.18. The van der Waals surface area contributed by atoms with Crippen molar-refractivity contribution in [2.45, 2.75) is 0 Å². The summed E-state index contributed by atoms with van der Waals surface area (Å²) < 4.78 is 6.64. The SMILES string of the molecule is O=C(Nc1ccc(Oc2ccc(Br)cc2)cc1)c1cc(=O)[nH]c(=O)[nH]1. The van der Waals surface area contributed by atoms with Gasteiger partial charge in [-0.1, -0.05) is 15.9 Å². The van der Waals surface area contributed by atoms with Crippen molar-refractivity contribution >= 4 is 27.5 Å². The number of aromatic amines is 2. The summed E-state index contributed by atoms with van der Waals surface area (Å²) in [5.74, 6) is 0.690. The van der Waals surface area contributed by atoms with Crippen molar-refractivity contribution in [2.24, 2.45) is 0 Å². The van der Waals surface area contributed by atoms with Crippen molar-refractivity contribution < 1.29 is 9.53 Å². The van der Waals surface area contributed by atoms with E-state index in [9.17, 15) is 14.4 Å². The van der Waals surface area contributed by atoms with E-state index in [0.29, 0.717) is 17.2 Å². The summed E-state index contributed by atoms with van der Waals surface area (Å²) >= 11 is 3.35. The minimum Gasteiger partial charge on any atom is -0.457 e. The average molecular weight is 402 g/mol. The van der Waals surface area contributed by atoms with Gasteiger partial charge in [0.1, 0.15) is 17.2 Å². The molecular formula is C17H12BrN3O4. The predicted molar refractivity (Wildman–Crippen MR) is 96.3 cm³/mol. The van der Waals surface area contributed by atoms with Crippen LogP contribution in [-0.4, -0.2) is 15.9 Å². The molecule has 3 rings (SSSR count). The second-order valence-electron chi connectivity index (χ2n) is 5.04. The maximum Gasteiger partial charge on any atom is 0.326 e. The summed E-state index contributed by atoms with van der Waals surface area (Å²) in [5, 5.41) is 2.59. The number of carbonyl (C=O) groups excluding carboxylic acids is 1. The molecular weight excluding hydrogens is 390 g/mol. The smallest absolute Gasteiger partial charge is 0.326 e. The molecule has 0 atom stereocenters. The molecule has 0 fully saturated rings. The van der Waals surface area contributed by atoms with E-state index in [1.165, 1.54) is 0 Å². The molecule has 8 heteroatoms. The molecule has 0 aliphatic heterocycles. The van der Waals surface area contributed by atoms with Crippen LogP contribution in [-0.2, 0) is 0 Å². The molecule has 0 bridgehead atoms. The van der Waals surface area contributed by atoms with Gasteiger partial charge in [0.15, 0.2) is 0 Å². The minimum atomic E-state index is -0.740. The van der Waals surface area contributed by atoms with Crippen molar-refractivity contribution in [3.8, 4) is 11.5 Å². The van der Waals surface area contributed by atoms with Gasteiger partial charge in [-0.05, 0) is 48.5 Å². The zero-order valence-electron chi connectivity index (χ0n) is 12.7. The Labute approximate surface area is 149 Å². The Morgan fingerprint density at radius 3 is 2.12 bits per heavy atom. The molecule has 0 saturated heterocycles. The van der Waals surface area contributed by atoms with E-state index < -0.39 is 17.2 Å². The number of anilines is 1. The quantitative estimate of drug-likeness (QED) is 0.624. The zero-order valence-corrected chi connectivity index (χ0v) is 14.3. The number of nitrogens with one attached hydrogen (secondary N) is 3. The number of hydrogen-bond acceptors (Lipinski definition) is 4. The zero-order chi connectivity index (χ0) is 17.8. The van der Waals surface area contributed by atoms with Crippen molar-refractivity contribution in [2.75, 3.05) is 5.32 Å². The highest BCUT2D eigenvalue weighted by atomic mass is 79.9. The molecule has 1 amide bonds. The highest BCUT2D eigenvalue weighted by Gasteiger charge is 2.08. The Bertz CT molecular complexity index is 979. The van der Waals surface area contributed by atoms with Gasteiger partial charge in [0, 0.05) is 16.2 Å². The number of aromatic nitrogens is 2. The lowest BCUT2D eigenvalue weighted by Crippen LogP contribution is -2.27. The summed E-state index contributed by atoms with van der Waals surface area (Å²) in [6.07, 6.45) is 0. The van der Waals surface area contributed by atoms with Crippen LogP contribution in [0.5, 0.6) is 11.5 Å². The first-order chi connectivity index (χ1) is 12.0. The van der Waals surface area contributed by atoms with Gasteiger partial charge in [-0.15, -0.1) is 0 Å². The van der Waals surface area contributed by atoms with Gasteiger partial charge in [0.2, 0.25) is 0 Å². The maximum absolute atomic E-state index is 12.1. The Morgan fingerprint density at radius 1 is 0.920 bits per heavy atom. The van der Waals surface area contributed by atoms with E-state index in [4.69, 9.17) is 4.74 Å². The van der Waals surface area contributed by atoms with Crippen LogP contribution in [0.1, 0.15) is 10.5 Å². The lowest BCUT2D eigenvalue weighted by molar-refractivity contribution is 0.102. The topological polar surface area (TPSA) is 104 Å². The van der Waals surface area contributed by atoms with E-state index in [1.54, 1.807) is 24.3 Å². The van der Waals surface area contributed by atoms with Crippen molar-refractivity contribution in [3.05, 3.63) is 85.6 Å². The van der Waals surface area contributed by atoms with Crippen LogP contribution in [0.3, 0.4) is 0 Å². The van der Waals surface area contributed by atoms with Gasteiger partial charge in [0.25, 0.3) is 11.5 Å². The molecule has 3 aromatic rings. The summed E-state index contributed by atoms with van der Waals surface area (Å²) in [6.45, 7) is 0. The van der Waals surface area contributed by atoms with E-state index in [-0.39, 0.29) is 5.69 Å².